The highest BCUT2D eigenvalue weighted by molar-refractivity contribution is 7.99. The lowest BCUT2D eigenvalue weighted by Crippen LogP contribution is -2.32. The van der Waals surface area contributed by atoms with Crippen LogP contribution in [0, 0.1) is 12.8 Å². The summed E-state index contributed by atoms with van der Waals surface area (Å²) < 4.78 is 0. The zero-order chi connectivity index (χ0) is 19.6. The molecule has 1 saturated heterocycles. The van der Waals surface area contributed by atoms with Gasteiger partial charge in [-0.3, -0.25) is 14.5 Å². The maximum absolute atomic E-state index is 12.6. The fraction of sp³-hybridized carbons (Fsp3) is 0.556. The van der Waals surface area contributed by atoms with Gasteiger partial charge in [0.1, 0.15) is 4.83 Å². The van der Waals surface area contributed by atoms with Gasteiger partial charge in [0.25, 0.3) is 5.56 Å². The molecule has 7 nitrogen and oxygen atoms in total. The van der Waals surface area contributed by atoms with Crippen LogP contribution in [0.3, 0.4) is 0 Å². The van der Waals surface area contributed by atoms with Crippen LogP contribution in [0.15, 0.2) is 9.95 Å². The number of fused-ring (bicyclic) bond motifs is 1. The number of urea groups is 1. The van der Waals surface area contributed by atoms with Gasteiger partial charge >= 0.3 is 6.03 Å². The average molecular weight is 409 g/mol. The number of aromatic nitrogens is 2. The van der Waals surface area contributed by atoms with Gasteiger partial charge in [-0.25, -0.2) is 9.78 Å². The molecule has 0 spiro atoms. The van der Waals surface area contributed by atoms with Crippen molar-refractivity contribution in [3.8, 4) is 0 Å². The summed E-state index contributed by atoms with van der Waals surface area (Å²) in [5.41, 5.74) is 1.03. The van der Waals surface area contributed by atoms with Gasteiger partial charge in [-0.15, -0.1) is 11.3 Å². The number of aromatic amines is 1. The molecule has 2 N–H and O–H groups in total. The highest BCUT2D eigenvalue weighted by Gasteiger charge is 2.27. The number of H-pyrrole nitrogens is 1. The second kappa shape index (κ2) is 8.43. The van der Waals surface area contributed by atoms with Gasteiger partial charge in [-0.1, -0.05) is 32.0 Å². The molecule has 146 valence electrons. The zero-order valence-electron chi connectivity index (χ0n) is 15.8. The van der Waals surface area contributed by atoms with Crippen molar-refractivity contribution >= 4 is 45.3 Å². The lowest BCUT2D eigenvalue weighted by molar-refractivity contribution is -0.124. The van der Waals surface area contributed by atoms with Crippen molar-refractivity contribution in [3.05, 3.63) is 20.8 Å². The number of aryl methyl sites for hydroxylation is 1. The number of rotatable bonds is 8. The van der Waals surface area contributed by atoms with Crippen LogP contribution in [0.2, 0.25) is 0 Å². The molecular formula is C18H24N4O3S2. The molecule has 1 aliphatic heterocycles. The van der Waals surface area contributed by atoms with E-state index in [9.17, 15) is 14.4 Å². The monoisotopic (exact) mass is 408 g/mol. The average Bonchev–Trinajstić information content (AvgIpc) is 3.11. The smallest absolute Gasteiger partial charge is 0.324 e. The fourth-order valence-electron chi connectivity index (χ4n) is 3.04. The molecule has 1 unspecified atom stereocenters. The lowest BCUT2D eigenvalue weighted by atomic mass is 9.98. The van der Waals surface area contributed by atoms with E-state index in [-0.39, 0.29) is 24.0 Å². The molecule has 3 rings (SSSR count). The number of hydrogen-bond acceptors (Lipinski definition) is 6. The Bertz CT molecular complexity index is 905. The summed E-state index contributed by atoms with van der Waals surface area (Å²) in [4.78, 5) is 46.3. The standard InChI is InChI=1S/C18H24N4O3S2/c1-4-10(2)8-12-11(3)27-16-14(12)15(24)20-17(21-16)26-7-5-6-22-13(23)9-19-18(22)25/h10H,4-9H2,1-3H3,(H,19,25)(H,20,21,24). The molecular weight excluding hydrogens is 384 g/mol. The minimum Gasteiger partial charge on any atom is -0.329 e. The van der Waals surface area contributed by atoms with Gasteiger partial charge in [-0.2, -0.15) is 0 Å². The Morgan fingerprint density at radius 2 is 2.11 bits per heavy atom. The SMILES string of the molecule is CCC(C)Cc1c(C)sc2nc(SCCCN3C(=O)CNC3=O)[nH]c(=O)c12. The minimum atomic E-state index is -0.333. The Morgan fingerprint density at radius 1 is 1.33 bits per heavy atom. The van der Waals surface area contributed by atoms with E-state index < -0.39 is 0 Å². The zero-order valence-corrected chi connectivity index (χ0v) is 17.4. The van der Waals surface area contributed by atoms with Crippen molar-refractivity contribution < 1.29 is 9.59 Å². The van der Waals surface area contributed by atoms with Gasteiger partial charge in [0, 0.05) is 17.2 Å². The molecule has 3 heterocycles. The number of amides is 3. The Hall–Kier alpha value is -1.87. The topological polar surface area (TPSA) is 95.2 Å². The quantitative estimate of drug-likeness (QED) is 0.303. The second-order valence-corrected chi connectivity index (χ2v) is 9.10. The van der Waals surface area contributed by atoms with Crippen LogP contribution in [0.1, 0.15) is 37.1 Å². The summed E-state index contributed by atoms with van der Waals surface area (Å²) >= 11 is 3.01. The number of carbonyl (C=O) groups excluding carboxylic acids is 2. The molecule has 3 amide bonds. The van der Waals surface area contributed by atoms with Gasteiger partial charge in [0.15, 0.2) is 5.16 Å². The number of nitrogens with one attached hydrogen (secondary N) is 2. The van der Waals surface area contributed by atoms with Crippen LogP contribution in [-0.4, -0.2) is 45.6 Å². The van der Waals surface area contributed by atoms with E-state index in [1.807, 2.05) is 0 Å². The first-order chi connectivity index (χ1) is 12.9. The van der Waals surface area contributed by atoms with Crippen molar-refractivity contribution in [1.29, 1.82) is 0 Å². The first-order valence-electron chi connectivity index (χ1n) is 9.14. The fourth-order valence-corrected chi connectivity index (χ4v) is 4.93. The van der Waals surface area contributed by atoms with Crippen molar-refractivity contribution in [1.82, 2.24) is 20.2 Å². The van der Waals surface area contributed by atoms with Gasteiger partial charge < -0.3 is 10.3 Å². The minimum absolute atomic E-state index is 0.0776. The third-order valence-corrected chi connectivity index (χ3v) is 6.79. The van der Waals surface area contributed by atoms with Crippen molar-refractivity contribution in [2.75, 3.05) is 18.8 Å². The Kier molecular flexibility index (Phi) is 6.21. The van der Waals surface area contributed by atoms with Crippen molar-refractivity contribution in [2.45, 2.75) is 45.2 Å². The van der Waals surface area contributed by atoms with Crippen LogP contribution in [-0.2, 0) is 11.2 Å². The van der Waals surface area contributed by atoms with Crippen LogP contribution < -0.4 is 10.9 Å². The summed E-state index contributed by atoms with van der Waals surface area (Å²) in [5.74, 6) is 0.997. The number of thioether (sulfide) groups is 1. The Balaban J connectivity index is 1.67. The number of thiophene rings is 1. The maximum Gasteiger partial charge on any atom is 0.324 e. The third kappa shape index (κ3) is 4.35. The lowest BCUT2D eigenvalue weighted by Gasteiger charge is -2.11. The highest BCUT2D eigenvalue weighted by Crippen LogP contribution is 2.30. The van der Waals surface area contributed by atoms with Gasteiger partial charge in [-0.05, 0) is 31.2 Å². The van der Waals surface area contributed by atoms with Gasteiger partial charge in [0.2, 0.25) is 5.91 Å². The number of nitrogens with zero attached hydrogens (tertiary/aromatic N) is 2. The third-order valence-electron chi connectivity index (χ3n) is 4.79. The molecule has 2 aromatic heterocycles. The Labute approximate surface area is 165 Å². The number of hydrogen-bond donors (Lipinski definition) is 2. The number of imide groups is 1. The molecule has 1 fully saturated rings. The summed E-state index contributed by atoms with van der Waals surface area (Å²) in [6, 6.07) is -0.333. The van der Waals surface area contributed by atoms with Crippen LogP contribution in [0.25, 0.3) is 10.2 Å². The predicted molar refractivity (Wildman–Crippen MR) is 109 cm³/mol. The van der Waals surface area contributed by atoms with E-state index in [1.165, 1.54) is 16.7 Å². The largest absolute Gasteiger partial charge is 0.329 e. The summed E-state index contributed by atoms with van der Waals surface area (Å²) in [7, 11) is 0. The highest BCUT2D eigenvalue weighted by atomic mass is 32.2. The molecule has 9 heteroatoms. The predicted octanol–water partition coefficient (Wildman–Crippen LogP) is 2.92. The first kappa shape index (κ1) is 19.9. The summed E-state index contributed by atoms with van der Waals surface area (Å²) in [6.07, 6.45) is 2.62. The molecule has 0 aliphatic carbocycles. The van der Waals surface area contributed by atoms with E-state index in [1.54, 1.807) is 11.3 Å². The van der Waals surface area contributed by atoms with E-state index in [4.69, 9.17) is 0 Å². The molecule has 0 radical (unpaired) electrons. The van der Waals surface area contributed by atoms with Crippen LogP contribution in [0.4, 0.5) is 4.79 Å². The van der Waals surface area contributed by atoms with Crippen LogP contribution in [0.5, 0.6) is 0 Å². The molecule has 27 heavy (non-hydrogen) atoms. The molecule has 2 aromatic rings. The normalized spacial score (nSPS) is 15.6. The maximum atomic E-state index is 12.6. The molecule has 0 bridgehead atoms. The summed E-state index contributed by atoms with van der Waals surface area (Å²) in [6.45, 7) is 6.86. The Morgan fingerprint density at radius 3 is 2.78 bits per heavy atom. The van der Waals surface area contributed by atoms with E-state index in [0.717, 1.165) is 33.5 Å². The van der Waals surface area contributed by atoms with Crippen LogP contribution >= 0.6 is 23.1 Å². The van der Waals surface area contributed by atoms with E-state index in [0.29, 0.717) is 29.8 Å². The van der Waals surface area contributed by atoms with Gasteiger partial charge in [0.05, 0.1) is 11.9 Å². The van der Waals surface area contributed by atoms with Crippen molar-refractivity contribution in [3.63, 3.8) is 0 Å². The first-order valence-corrected chi connectivity index (χ1v) is 10.9. The molecule has 1 aliphatic rings. The van der Waals surface area contributed by atoms with Crippen molar-refractivity contribution in [2.24, 2.45) is 5.92 Å². The number of carbonyl (C=O) groups is 2. The molecule has 0 aromatic carbocycles. The van der Waals surface area contributed by atoms with E-state index >= 15 is 0 Å². The molecule has 0 saturated carbocycles. The molecule has 1 atom stereocenters. The van der Waals surface area contributed by atoms with E-state index in [2.05, 4.69) is 36.1 Å². The summed E-state index contributed by atoms with van der Waals surface area (Å²) in [5, 5.41) is 3.81. The second-order valence-electron chi connectivity index (χ2n) is 6.81.